The van der Waals surface area contributed by atoms with Crippen molar-refractivity contribution in [2.75, 3.05) is 13.1 Å². The van der Waals surface area contributed by atoms with Crippen molar-refractivity contribution in [2.45, 2.75) is 19.4 Å². The molecule has 0 aromatic heterocycles. The third-order valence-corrected chi connectivity index (χ3v) is 2.03. The van der Waals surface area contributed by atoms with Gasteiger partial charge in [-0.1, -0.05) is 25.1 Å². The Kier molecular flexibility index (Phi) is 4.56. The summed E-state index contributed by atoms with van der Waals surface area (Å²) in [6.45, 7) is 3.28. The minimum absolute atomic E-state index is 0.349. The van der Waals surface area contributed by atoms with Crippen molar-refractivity contribution in [1.82, 2.24) is 5.32 Å². The number of aliphatic hydroxyl groups excluding tert-OH is 1. The average molecular weight is 197 g/mol. The van der Waals surface area contributed by atoms with Crippen LogP contribution in [-0.4, -0.2) is 18.2 Å². The van der Waals surface area contributed by atoms with Crippen LogP contribution in [0.2, 0.25) is 0 Å². The summed E-state index contributed by atoms with van der Waals surface area (Å²) >= 11 is 0. The molecular formula is C11H16FNO. The molecule has 3 heteroatoms. The standard InChI is InChI=1S/C11H16FNO/c1-2-7-13-8-11(14)9-5-3-4-6-10(9)12/h3-6,11,13-14H,2,7-8H2,1H3. The van der Waals surface area contributed by atoms with E-state index in [1.807, 2.05) is 6.92 Å². The van der Waals surface area contributed by atoms with Gasteiger partial charge in [-0.2, -0.15) is 0 Å². The van der Waals surface area contributed by atoms with E-state index in [4.69, 9.17) is 0 Å². The van der Waals surface area contributed by atoms with Gasteiger partial charge >= 0.3 is 0 Å². The van der Waals surface area contributed by atoms with Gasteiger partial charge in [-0.3, -0.25) is 0 Å². The summed E-state index contributed by atoms with van der Waals surface area (Å²) in [5.74, 6) is -0.349. The Bertz CT molecular complexity index is 278. The average Bonchev–Trinajstić information content (AvgIpc) is 2.18. The van der Waals surface area contributed by atoms with Crippen LogP contribution >= 0.6 is 0 Å². The van der Waals surface area contributed by atoms with Gasteiger partial charge in [0.2, 0.25) is 0 Å². The fourth-order valence-corrected chi connectivity index (χ4v) is 1.27. The van der Waals surface area contributed by atoms with Crippen LogP contribution in [0.5, 0.6) is 0 Å². The lowest BCUT2D eigenvalue weighted by Crippen LogP contribution is -2.22. The van der Waals surface area contributed by atoms with E-state index in [9.17, 15) is 9.50 Å². The maximum Gasteiger partial charge on any atom is 0.129 e. The third kappa shape index (κ3) is 3.09. The zero-order valence-corrected chi connectivity index (χ0v) is 8.33. The Morgan fingerprint density at radius 2 is 2.14 bits per heavy atom. The lowest BCUT2D eigenvalue weighted by atomic mass is 10.1. The summed E-state index contributed by atoms with van der Waals surface area (Å²) in [7, 11) is 0. The molecule has 0 saturated carbocycles. The number of nitrogens with one attached hydrogen (secondary N) is 1. The van der Waals surface area contributed by atoms with Crippen molar-refractivity contribution >= 4 is 0 Å². The predicted molar refractivity (Wildman–Crippen MR) is 54.5 cm³/mol. The Hall–Kier alpha value is -0.930. The highest BCUT2D eigenvalue weighted by Gasteiger charge is 2.10. The second-order valence-corrected chi connectivity index (χ2v) is 3.24. The highest BCUT2D eigenvalue weighted by molar-refractivity contribution is 5.19. The molecular weight excluding hydrogens is 181 g/mol. The number of halogens is 1. The van der Waals surface area contributed by atoms with E-state index < -0.39 is 6.10 Å². The van der Waals surface area contributed by atoms with Gasteiger partial charge in [0.1, 0.15) is 5.82 Å². The van der Waals surface area contributed by atoms with Crippen LogP contribution in [0.3, 0.4) is 0 Å². The van der Waals surface area contributed by atoms with Crippen molar-refractivity contribution < 1.29 is 9.50 Å². The number of hydrogen-bond donors (Lipinski definition) is 2. The molecule has 0 aliphatic carbocycles. The highest BCUT2D eigenvalue weighted by Crippen LogP contribution is 2.15. The van der Waals surface area contributed by atoms with Crippen LogP contribution in [0.15, 0.2) is 24.3 Å². The number of aliphatic hydroxyl groups is 1. The van der Waals surface area contributed by atoms with Crippen LogP contribution in [-0.2, 0) is 0 Å². The second kappa shape index (κ2) is 5.73. The molecule has 0 aliphatic rings. The minimum atomic E-state index is -0.761. The van der Waals surface area contributed by atoms with Crippen LogP contribution in [0.25, 0.3) is 0 Å². The van der Waals surface area contributed by atoms with Gasteiger partial charge in [0.05, 0.1) is 6.10 Å². The van der Waals surface area contributed by atoms with Gasteiger partial charge < -0.3 is 10.4 Å². The molecule has 2 nitrogen and oxygen atoms in total. The Morgan fingerprint density at radius 3 is 2.79 bits per heavy atom. The fourth-order valence-electron chi connectivity index (χ4n) is 1.27. The molecule has 0 amide bonds. The molecule has 0 radical (unpaired) electrons. The molecule has 1 atom stereocenters. The normalized spacial score (nSPS) is 12.8. The van der Waals surface area contributed by atoms with Crippen molar-refractivity contribution in [2.24, 2.45) is 0 Å². The summed E-state index contributed by atoms with van der Waals surface area (Å²) in [6, 6.07) is 6.30. The Morgan fingerprint density at radius 1 is 1.43 bits per heavy atom. The first-order valence-electron chi connectivity index (χ1n) is 4.89. The van der Waals surface area contributed by atoms with Crippen molar-refractivity contribution in [3.05, 3.63) is 35.6 Å². The first kappa shape index (κ1) is 11.1. The molecule has 0 heterocycles. The second-order valence-electron chi connectivity index (χ2n) is 3.24. The van der Waals surface area contributed by atoms with E-state index in [1.165, 1.54) is 6.07 Å². The predicted octanol–water partition coefficient (Wildman–Crippen LogP) is 1.86. The lowest BCUT2D eigenvalue weighted by molar-refractivity contribution is 0.170. The summed E-state index contributed by atoms with van der Waals surface area (Å²) in [5, 5.41) is 12.7. The van der Waals surface area contributed by atoms with Crippen LogP contribution < -0.4 is 5.32 Å². The fraction of sp³-hybridized carbons (Fsp3) is 0.455. The van der Waals surface area contributed by atoms with Crippen LogP contribution in [0.4, 0.5) is 4.39 Å². The minimum Gasteiger partial charge on any atom is -0.387 e. The number of benzene rings is 1. The molecule has 1 rings (SSSR count). The van der Waals surface area contributed by atoms with E-state index in [0.717, 1.165) is 13.0 Å². The molecule has 1 aromatic rings. The zero-order chi connectivity index (χ0) is 10.4. The lowest BCUT2D eigenvalue weighted by Gasteiger charge is -2.12. The monoisotopic (exact) mass is 197 g/mol. The first-order chi connectivity index (χ1) is 6.75. The molecule has 0 saturated heterocycles. The number of rotatable bonds is 5. The summed E-state index contributed by atoms with van der Waals surface area (Å²) in [5.41, 5.74) is 0.358. The van der Waals surface area contributed by atoms with Gasteiger partial charge in [-0.05, 0) is 19.0 Å². The van der Waals surface area contributed by atoms with Gasteiger partial charge in [0.25, 0.3) is 0 Å². The summed E-state index contributed by atoms with van der Waals surface area (Å²) in [6.07, 6.45) is 0.243. The van der Waals surface area contributed by atoms with E-state index in [1.54, 1.807) is 18.2 Å². The molecule has 2 N–H and O–H groups in total. The molecule has 1 aromatic carbocycles. The molecule has 78 valence electrons. The van der Waals surface area contributed by atoms with E-state index in [0.29, 0.717) is 12.1 Å². The summed E-state index contributed by atoms with van der Waals surface area (Å²) < 4.78 is 13.2. The highest BCUT2D eigenvalue weighted by atomic mass is 19.1. The molecule has 14 heavy (non-hydrogen) atoms. The molecule has 0 spiro atoms. The van der Waals surface area contributed by atoms with Crippen LogP contribution in [0, 0.1) is 5.82 Å². The molecule has 0 fully saturated rings. The van der Waals surface area contributed by atoms with Crippen molar-refractivity contribution in [3.63, 3.8) is 0 Å². The van der Waals surface area contributed by atoms with Crippen LogP contribution in [0.1, 0.15) is 25.0 Å². The van der Waals surface area contributed by atoms with Gasteiger partial charge in [-0.15, -0.1) is 0 Å². The Balaban J connectivity index is 2.51. The topological polar surface area (TPSA) is 32.3 Å². The Labute approximate surface area is 83.8 Å². The molecule has 0 aliphatic heterocycles. The SMILES string of the molecule is CCCNCC(O)c1ccccc1F. The largest absolute Gasteiger partial charge is 0.387 e. The van der Waals surface area contributed by atoms with E-state index >= 15 is 0 Å². The quantitative estimate of drug-likeness (QED) is 0.706. The van der Waals surface area contributed by atoms with E-state index in [-0.39, 0.29) is 5.82 Å². The summed E-state index contributed by atoms with van der Waals surface area (Å²) in [4.78, 5) is 0. The van der Waals surface area contributed by atoms with Crippen molar-refractivity contribution in [3.8, 4) is 0 Å². The maximum atomic E-state index is 13.2. The van der Waals surface area contributed by atoms with Gasteiger partial charge in [0.15, 0.2) is 0 Å². The first-order valence-corrected chi connectivity index (χ1v) is 4.89. The molecule has 0 bridgehead atoms. The third-order valence-electron chi connectivity index (χ3n) is 2.03. The van der Waals surface area contributed by atoms with Gasteiger partial charge in [-0.25, -0.2) is 4.39 Å². The zero-order valence-electron chi connectivity index (χ0n) is 8.33. The maximum absolute atomic E-state index is 13.2. The van der Waals surface area contributed by atoms with Crippen molar-refractivity contribution in [1.29, 1.82) is 0 Å². The number of hydrogen-bond acceptors (Lipinski definition) is 2. The van der Waals surface area contributed by atoms with Gasteiger partial charge in [0, 0.05) is 12.1 Å². The molecule has 1 unspecified atom stereocenters. The smallest absolute Gasteiger partial charge is 0.129 e. The van der Waals surface area contributed by atoms with E-state index in [2.05, 4.69) is 5.32 Å².